The van der Waals surface area contributed by atoms with Crippen LogP contribution in [0.4, 0.5) is 10.1 Å². The van der Waals surface area contributed by atoms with Gasteiger partial charge in [0.15, 0.2) is 0 Å². The van der Waals surface area contributed by atoms with Crippen LogP contribution in [0.5, 0.6) is 5.75 Å². The fourth-order valence-corrected chi connectivity index (χ4v) is 3.23. The maximum absolute atomic E-state index is 13.6. The topological polar surface area (TPSA) is 67.9 Å². The van der Waals surface area contributed by atoms with Crippen LogP contribution in [0.25, 0.3) is 5.57 Å². The van der Waals surface area contributed by atoms with Gasteiger partial charge in [0, 0.05) is 25.4 Å². The van der Waals surface area contributed by atoms with Crippen molar-refractivity contribution < 1.29 is 23.5 Å². The predicted molar refractivity (Wildman–Crippen MR) is 112 cm³/mol. The molecule has 2 aromatic carbocycles. The van der Waals surface area contributed by atoms with Gasteiger partial charge in [0.2, 0.25) is 0 Å². The molecular formula is C23H25FN2O4. The number of ether oxygens (including phenoxy) is 2. The molecule has 158 valence electrons. The monoisotopic (exact) mass is 412 g/mol. The Morgan fingerprint density at radius 1 is 1.00 bits per heavy atom. The Hall–Kier alpha value is -3.19. The van der Waals surface area contributed by atoms with Crippen molar-refractivity contribution in [3.8, 4) is 5.75 Å². The molecule has 7 heteroatoms. The second kappa shape index (κ2) is 10.0. The molecule has 1 aliphatic rings. The summed E-state index contributed by atoms with van der Waals surface area (Å²) in [4.78, 5) is 27.4. The van der Waals surface area contributed by atoms with Gasteiger partial charge in [-0.15, -0.1) is 0 Å². The van der Waals surface area contributed by atoms with Gasteiger partial charge >= 0.3 is 0 Å². The Labute approximate surface area is 175 Å². The molecule has 1 aliphatic heterocycles. The summed E-state index contributed by atoms with van der Waals surface area (Å²) >= 11 is 0. The van der Waals surface area contributed by atoms with E-state index in [0.29, 0.717) is 43.2 Å². The van der Waals surface area contributed by atoms with Crippen molar-refractivity contribution in [3.05, 3.63) is 65.6 Å². The minimum atomic E-state index is -0.440. The number of nitrogens with one attached hydrogen (secondary N) is 1. The second-order valence-corrected chi connectivity index (χ2v) is 6.66. The van der Waals surface area contributed by atoms with E-state index < -0.39 is 11.7 Å². The first-order valence-corrected chi connectivity index (χ1v) is 9.99. The largest absolute Gasteiger partial charge is 0.494 e. The number of nitrogens with zero attached hydrogens (tertiary/aromatic N) is 1. The van der Waals surface area contributed by atoms with E-state index in [1.165, 1.54) is 23.1 Å². The normalized spacial score (nSPS) is 13.9. The molecule has 0 atom stereocenters. The lowest BCUT2D eigenvalue weighted by atomic mass is 10.0. The fourth-order valence-electron chi connectivity index (χ4n) is 3.23. The summed E-state index contributed by atoms with van der Waals surface area (Å²) in [6.45, 7) is 5.57. The van der Waals surface area contributed by atoms with Crippen molar-refractivity contribution in [1.82, 2.24) is 4.90 Å². The second-order valence-electron chi connectivity index (χ2n) is 6.66. The van der Waals surface area contributed by atoms with Crippen molar-refractivity contribution >= 4 is 23.1 Å². The molecule has 2 amide bonds. The van der Waals surface area contributed by atoms with Gasteiger partial charge < -0.3 is 14.8 Å². The van der Waals surface area contributed by atoms with E-state index in [-0.39, 0.29) is 23.7 Å². The molecule has 30 heavy (non-hydrogen) atoms. The van der Waals surface area contributed by atoms with Crippen molar-refractivity contribution in [2.75, 3.05) is 31.7 Å². The molecular weight excluding hydrogens is 387 g/mol. The van der Waals surface area contributed by atoms with Gasteiger partial charge in [-0.3, -0.25) is 14.5 Å². The van der Waals surface area contributed by atoms with E-state index in [9.17, 15) is 14.0 Å². The van der Waals surface area contributed by atoms with Crippen LogP contribution in [0.1, 0.15) is 25.8 Å². The molecule has 0 radical (unpaired) electrons. The van der Waals surface area contributed by atoms with Crippen molar-refractivity contribution in [2.24, 2.45) is 0 Å². The summed E-state index contributed by atoms with van der Waals surface area (Å²) in [5, 5.41) is 2.95. The number of benzene rings is 2. The summed E-state index contributed by atoms with van der Waals surface area (Å²) < 4.78 is 24.4. The van der Waals surface area contributed by atoms with Crippen LogP contribution in [0.3, 0.4) is 0 Å². The Morgan fingerprint density at radius 3 is 2.43 bits per heavy atom. The first-order valence-electron chi connectivity index (χ1n) is 9.99. The molecule has 0 fully saturated rings. The van der Waals surface area contributed by atoms with Crippen molar-refractivity contribution in [3.63, 3.8) is 0 Å². The van der Waals surface area contributed by atoms with Gasteiger partial charge in [0.1, 0.15) is 17.3 Å². The van der Waals surface area contributed by atoms with E-state index in [4.69, 9.17) is 9.47 Å². The number of imide groups is 1. The fraction of sp³-hybridized carbons (Fsp3) is 0.304. The molecule has 2 aromatic rings. The SMILES string of the molecule is CCOCCCN1C(=O)C(Nc2cccc(F)c2)=C(c2ccc(OCC)cc2)C1=O. The number of halogens is 1. The van der Waals surface area contributed by atoms with Crippen molar-refractivity contribution in [1.29, 1.82) is 0 Å². The van der Waals surface area contributed by atoms with E-state index >= 15 is 0 Å². The number of carbonyl (C=O) groups excluding carboxylic acids is 2. The molecule has 0 bridgehead atoms. The molecule has 0 aliphatic carbocycles. The smallest absolute Gasteiger partial charge is 0.278 e. The van der Waals surface area contributed by atoms with Gasteiger partial charge in [-0.25, -0.2) is 4.39 Å². The van der Waals surface area contributed by atoms with Gasteiger partial charge in [0.05, 0.1) is 12.2 Å². The molecule has 0 saturated carbocycles. The maximum Gasteiger partial charge on any atom is 0.278 e. The Morgan fingerprint density at radius 2 is 1.77 bits per heavy atom. The quantitative estimate of drug-likeness (QED) is 0.474. The Kier molecular flexibility index (Phi) is 7.19. The third-order valence-corrected chi connectivity index (χ3v) is 4.59. The molecule has 0 aromatic heterocycles. The molecule has 0 spiro atoms. The minimum absolute atomic E-state index is 0.131. The van der Waals surface area contributed by atoms with Gasteiger partial charge in [0.25, 0.3) is 11.8 Å². The van der Waals surface area contributed by atoms with Gasteiger partial charge in [-0.05, 0) is 56.2 Å². The first kappa shape index (κ1) is 21.5. The van der Waals surface area contributed by atoms with Crippen LogP contribution >= 0.6 is 0 Å². The predicted octanol–water partition coefficient (Wildman–Crippen LogP) is 3.84. The summed E-state index contributed by atoms with van der Waals surface area (Å²) in [7, 11) is 0. The van der Waals surface area contributed by atoms with Crippen LogP contribution < -0.4 is 10.1 Å². The highest BCUT2D eigenvalue weighted by molar-refractivity contribution is 6.36. The van der Waals surface area contributed by atoms with E-state index in [2.05, 4.69) is 5.32 Å². The summed E-state index contributed by atoms with van der Waals surface area (Å²) in [6, 6.07) is 12.7. The Balaban J connectivity index is 1.93. The zero-order chi connectivity index (χ0) is 21.5. The molecule has 1 heterocycles. The number of amides is 2. The van der Waals surface area contributed by atoms with Crippen LogP contribution in [0.2, 0.25) is 0 Å². The van der Waals surface area contributed by atoms with E-state index in [1.54, 1.807) is 30.3 Å². The molecule has 6 nitrogen and oxygen atoms in total. The Bertz CT molecular complexity index is 940. The lowest BCUT2D eigenvalue weighted by Crippen LogP contribution is -2.34. The number of hydrogen-bond donors (Lipinski definition) is 1. The maximum atomic E-state index is 13.6. The van der Waals surface area contributed by atoms with Crippen LogP contribution in [0.15, 0.2) is 54.2 Å². The highest BCUT2D eigenvalue weighted by Crippen LogP contribution is 2.31. The van der Waals surface area contributed by atoms with Gasteiger partial charge in [-0.2, -0.15) is 0 Å². The lowest BCUT2D eigenvalue weighted by molar-refractivity contribution is -0.137. The standard InChI is InChI=1S/C23H25FN2O4/c1-3-29-14-6-13-26-22(27)20(16-9-11-19(12-10-16)30-4-2)21(23(26)28)25-18-8-5-7-17(24)15-18/h5,7-12,15,25H,3-4,6,13-14H2,1-2H3. The average molecular weight is 412 g/mol. The average Bonchev–Trinajstić information content (AvgIpc) is 2.96. The summed E-state index contributed by atoms with van der Waals surface area (Å²) in [5.41, 5.74) is 1.36. The van der Waals surface area contributed by atoms with Crippen LogP contribution in [-0.4, -0.2) is 43.1 Å². The highest BCUT2D eigenvalue weighted by Gasteiger charge is 2.38. The minimum Gasteiger partial charge on any atom is -0.494 e. The summed E-state index contributed by atoms with van der Waals surface area (Å²) in [6.07, 6.45) is 0.537. The van der Waals surface area contributed by atoms with Gasteiger partial charge in [-0.1, -0.05) is 18.2 Å². The molecule has 0 unspecified atom stereocenters. The number of anilines is 1. The molecule has 1 N–H and O–H groups in total. The number of rotatable bonds is 10. The lowest BCUT2D eigenvalue weighted by Gasteiger charge is -2.15. The van der Waals surface area contributed by atoms with Crippen LogP contribution in [0, 0.1) is 5.82 Å². The zero-order valence-corrected chi connectivity index (χ0v) is 17.1. The molecule has 0 saturated heterocycles. The zero-order valence-electron chi connectivity index (χ0n) is 17.1. The third kappa shape index (κ3) is 4.86. The van der Waals surface area contributed by atoms with E-state index in [1.807, 2.05) is 13.8 Å². The highest BCUT2D eigenvalue weighted by atomic mass is 19.1. The number of hydrogen-bond acceptors (Lipinski definition) is 5. The first-order chi connectivity index (χ1) is 14.5. The number of carbonyl (C=O) groups is 2. The summed E-state index contributed by atoms with van der Waals surface area (Å²) in [5.74, 6) is -0.593. The van der Waals surface area contributed by atoms with E-state index in [0.717, 1.165) is 0 Å². The molecule has 3 rings (SSSR count). The van der Waals surface area contributed by atoms with Crippen molar-refractivity contribution in [2.45, 2.75) is 20.3 Å². The van der Waals surface area contributed by atoms with Crippen LogP contribution in [-0.2, 0) is 14.3 Å². The third-order valence-electron chi connectivity index (χ3n) is 4.59.